The van der Waals surface area contributed by atoms with Gasteiger partial charge in [-0.05, 0) is 104 Å². The summed E-state index contributed by atoms with van der Waals surface area (Å²) in [6.45, 7) is 6.95. The molecule has 1 aliphatic heterocycles. The van der Waals surface area contributed by atoms with Crippen LogP contribution in [0, 0.1) is 46.3 Å². The second-order valence-electron chi connectivity index (χ2n) is 14.2. The summed E-state index contributed by atoms with van der Waals surface area (Å²) in [5, 5.41) is 60.8. The van der Waals surface area contributed by atoms with Crippen LogP contribution in [0.3, 0.4) is 0 Å². The Morgan fingerprint density at radius 3 is 2.22 bits per heavy atom. The van der Waals surface area contributed by atoms with Crippen LogP contribution in [0.25, 0.3) is 0 Å². The Kier molecular flexibility index (Phi) is 10.3. The van der Waals surface area contributed by atoms with Gasteiger partial charge in [-0.15, -0.1) is 0 Å². The molecule has 15 atom stereocenters. The van der Waals surface area contributed by atoms with E-state index in [0.717, 1.165) is 32.1 Å². The molecule has 0 spiro atoms. The number of carboxylic acid groups (broad SMARTS) is 2. The molecular formula is C30H48NaO10. The van der Waals surface area contributed by atoms with Gasteiger partial charge >= 0.3 is 11.9 Å². The number of aliphatic carboxylic acids is 2. The molecule has 10 nitrogen and oxygen atoms in total. The minimum Gasteiger partial charge on any atom is -0.481 e. The molecule has 1 heterocycles. The molecule has 4 aliphatic carbocycles. The van der Waals surface area contributed by atoms with Crippen LogP contribution in [0.15, 0.2) is 0 Å². The summed E-state index contributed by atoms with van der Waals surface area (Å²) < 4.78 is 11.4. The summed E-state index contributed by atoms with van der Waals surface area (Å²) in [5.41, 5.74) is 0.146. The minimum atomic E-state index is -1.75. The van der Waals surface area contributed by atoms with E-state index in [0.29, 0.717) is 49.4 Å². The number of carboxylic acids is 2. The predicted molar refractivity (Wildman–Crippen MR) is 148 cm³/mol. The van der Waals surface area contributed by atoms with Crippen LogP contribution in [0.4, 0.5) is 0 Å². The van der Waals surface area contributed by atoms with Crippen LogP contribution < -0.4 is 0 Å². The molecule has 0 aromatic carbocycles. The molecule has 0 aromatic rings. The SMILES string of the molecule is C[C@H](CCC(=O)O)[C@H]1CC[C@H]2[C@@H]3[C@@H](O)C[C@@H]4C[C@H](O[C@@H]5O[C@H](C(=O)O)[C@@H](O)[C@H](O)[C@H]5O)CC[C@]4(C)[C@H]3CC[C@]12C.[Na]. The van der Waals surface area contributed by atoms with Gasteiger partial charge in [-0.3, -0.25) is 4.79 Å². The number of aliphatic hydroxyl groups is 4. The fraction of sp³-hybridized carbons (Fsp3) is 0.933. The van der Waals surface area contributed by atoms with Gasteiger partial charge in [0.2, 0.25) is 0 Å². The maximum atomic E-state index is 11.6. The first-order chi connectivity index (χ1) is 18.8. The van der Waals surface area contributed by atoms with E-state index in [1.807, 2.05) is 0 Å². The maximum absolute atomic E-state index is 11.6. The second-order valence-corrected chi connectivity index (χ2v) is 14.2. The summed E-state index contributed by atoms with van der Waals surface area (Å²) in [5.74, 6) is -0.107. The zero-order valence-corrected chi connectivity index (χ0v) is 26.9. The third-order valence-corrected chi connectivity index (χ3v) is 12.3. The quantitative estimate of drug-likeness (QED) is 0.190. The first-order valence-electron chi connectivity index (χ1n) is 15.3. The summed E-state index contributed by atoms with van der Waals surface area (Å²) in [6.07, 6.45) is -0.687. The Morgan fingerprint density at radius 2 is 1.56 bits per heavy atom. The molecule has 6 N–H and O–H groups in total. The molecule has 0 unspecified atom stereocenters. The van der Waals surface area contributed by atoms with Crippen molar-refractivity contribution in [3.05, 3.63) is 0 Å². The molecule has 0 bridgehead atoms. The van der Waals surface area contributed by atoms with Crippen molar-refractivity contribution in [3.8, 4) is 0 Å². The van der Waals surface area contributed by atoms with Crippen molar-refractivity contribution in [2.75, 3.05) is 0 Å². The Morgan fingerprint density at radius 1 is 0.902 bits per heavy atom. The van der Waals surface area contributed by atoms with E-state index >= 15 is 0 Å². The molecule has 5 fully saturated rings. The van der Waals surface area contributed by atoms with Gasteiger partial charge < -0.3 is 40.1 Å². The number of ether oxygens (including phenoxy) is 2. The Bertz CT molecular complexity index is 966. The molecule has 41 heavy (non-hydrogen) atoms. The zero-order chi connectivity index (χ0) is 29.1. The van der Waals surface area contributed by atoms with Crippen LogP contribution in [0.5, 0.6) is 0 Å². The molecule has 1 radical (unpaired) electrons. The molecule has 5 rings (SSSR count). The van der Waals surface area contributed by atoms with Crippen molar-refractivity contribution >= 4 is 41.5 Å². The molecule has 11 heteroatoms. The molecular weight excluding hydrogens is 543 g/mol. The summed E-state index contributed by atoms with van der Waals surface area (Å²) in [6, 6.07) is 0. The fourth-order valence-corrected chi connectivity index (χ4v) is 10.2. The summed E-state index contributed by atoms with van der Waals surface area (Å²) in [4.78, 5) is 22.7. The van der Waals surface area contributed by atoms with Crippen LogP contribution in [0.1, 0.15) is 85.0 Å². The van der Waals surface area contributed by atoms with Gasteiger partial charge in [0.05, 0.1) is 12.2 Å². The number of rotatable bonds is 7. The molecule has 1 saturated heterocycles. The number of aliphatic hydroxyl groups excluding tert-OH is 4. The molecule has 229 valence electrons. The topological polar surface area (TPSA) is 174 Å². The average Bonchev–Trinajstić information content (AvgIpc) is 3.25. The maximum Gasteiger partial charge on any atom is 0.335 e. The van der Waals surface area contributed by atoms with Gasteiger partial charge in [0, 0.05) is 36.0 Å². The Labute approximate surface area is 264 Å². The van der Waals surface area contributed by atoms with E-state index in [9.17, 15) is 40.2 Å². The third-order valence-electron chi connectivity index (χ3n) is 12.3. The number of fused-ring (bicyclic) bond motifs is 5. The van der Waals surface area contributed by atoms with Gasteiger partial charge in [-0.25, -0.2) is 4.79 Å². The van der Waals surface area contributed by atoms with Crippen LogP contribution >= 0.6 is 0 Å². The van der Waals surface area contributed by atoms with Crippen molar-refractivity contribution in [3.63, 3.8) is 0 Å². The first-order valence-corrected chi connectivity index (χ1v) is 15.3. The van der Waals surface area contributed by atoms with Crippen molar-refractivity contribution < 1.29 is 49.7 Å². The smallest absolute Gasteiger partial charge is 0.335 e. The van der Waals surface area contributed by atoms with Gasteiger partial charge in [-0.1, -0.05) is 20.8 Å². The molecule has 4 saturated carbocycles. The van der Waals surface area contributed by atoms with E-state index in [1.165, 1.54) is 0 Å². The molecule has 0 amide bonds. The van der Waals surface area contributed by atoms with E-state index < -0.39 is 48.7 Å². The number of carbonyl (C=O) groups is 2. The standard InChI is InChI=1S/C30H48O10.Na/c1-14(4-7-21(32)33)17-5-6-18-22-19(9-11-30(17,18)3)29(2)10-8-16(12-15(29)13-20(22)31)39-28-25(36)23(34)24(35)26(40-28)27(37)38;/h14-20,22-26,28,31,34-36H,4-13H2,1-3H3,(H,32,33)(H,37,38);/t14-,15+,16-,17-,18+,19+,20+,22+,23+,24+,25-,26+,28-,29+,30-;/m1./s1. The Hall–Kier alpha value is -0.300. The molecule has 0 aromatic heterocycles. The average molecular weight is 592 g/mol. The normalized spacial score (nSPS) is 50.0. The van der Waals surface area contributed by atoms with E-state index in [1.54, 1.807) is 0 Å². The van der Waals surface area contributed by atoms with Crippen molar-refractivity contribution in [2.45, 2.75) is 128 Å². The third kappa shape index (κ3) is 5.91. The van der Waals surface area contributed by atoms with E-state index in [-0.39, 0.29) is 64.7 Å². The predicted octanol–water partition coefficient (Wildman–Crippen LogP) is 2.01. The van der Waals surface area contributed by atoms with Crippen LogP contribution in [-0.4, -0.2) is 115 Å². The van der Waals surface area contributed by atoms with Gasteiger partial charge in [0.1, 0.15) is 18.3 Å². The van der Waals surface area contributed by atoms with Crippen LogP contribution in [-0.2, 0) is 19.1 Å². The summed E-state index contributed by atoms with van der Waals surface area (Å²) >= 11 is 0. The second kappa shape index (κ2) is 12.6. The minimum absolute atomic E-state index is 0. The van der Waals surface area contributed by atoms with Gasteiger partial charge in [-0.2, -0.15) is 0 Å². The number of hydrogen-bond acceptors (Lipinski definition) is 8. The van der Waals surface area contributed by atoms with Crippen molar-refractivity contribution in [1.29, 1.82) is 0 Å². The van der Waals surface area contributed by atoms with Gasteiger partial charge in [0.25, 0.3) is 0 Å². The molecule has 5 aliphatic rings. The zero-order valence-electron chi connectivity index (χ0n) is 24.9. The van der Waals surface area contributed by atoms with Crippen molar-refractivity contribution in [1.82, 2.24) is 0 Å². The van der Waals surface area contributed by atoms with Gasteiger partial charge in [0.15, 0.2) is 12.4 Å². The van der Waals surface area contributed by atoms with Crippen molar-refractivity contribution in [2.24, 2.45) is 46.3 Å². The summed E-state index contributed by atoms with van der Waals surface area (Å²) in [7, 11) is 0. The fourth-order valence-electron chi connectivity index (χ4n) is 10.2. The van der Waals surface area contributed by atoms with E-state index in [4.69, 9.17) is 9.47 Å². The Balaban J connectivity index is 0.00000387. The number of hydrogen-bond donors (Lipinski definition) is 6. The monoisotopic (exact) mass is 591 g/mol. The largest absolute Gasteiger partial charge is 0.481 e. The first kappa shape index (κ1) is 33.6. The van der Waals surface area contributed by atoms with Crippen LogP contribution in [0.2, 0.25) is 0 Å². The van der Waals surface area contributed by atoms with E-state index in [2.05, 4.69) is 20.8 Å².